The van der Waals surface area contributed by atoms with Crippen LogP contribution in [0.15, 0.2) is 0 Å². The summed E-state index contributed by atoms with van der Waals surface area (Å²) in [6, 6.07) is 0. The van der Waals surface area contributed by atoms with Crippen LogP contribution < -0.4 is 0 Å². The lowest BCUT2D eigenvalue weighted by Crippen LogP contribution is -2.13. The van der Waals surface area contributed by atoms with Crippen LogP contribution in [-0.4, -0.2) is 20.5 Å². The van der Waals surface area contributed by atoms with Crippen molar-refractivity contribution >= 4 is 0 Å². The lowest BCUT2D eigenvalue weighted by atomic mass is 10.7. The quantitative estimate of drug-likeness (QED) is 0.235. The molecule has 0 unspecified atom stereocenters. The van der Waals surface area contributed by atoms with Gasteiger partial charge in [0.1, 0.15) is 0 Å². The van der Waals surface area contributed by atoms with Crippen molar-refractivity contribution in [3.8, 4) is 12.3 Å². The van der Waals surface area contributed by atoms with Crippen LogP contribution in [0.1, 0.15) is 0 Å². The van der Waals surface area contributed by atoms with Gasteiger partial charge in [0, 0.05) is 0 Å². The largest absolute Gasteiger partial charge is 0.284 e. The maximum Gasteiger partial charge on any atom is 0.284 e. The molecule has 0 aromatic carbocycles. The highest BCUT2D eigenvalue weighted by atomic mass is 17.3. The molecule has 0 amide bonds. The van der Waals surface area contributed by atoms with Crippen LogP contribution in [0.4, 0.5) is 0 Å². The van der Waals surface area contributed by atoms with E-state index in [4.69, 9.17) is 6.42 Å². The van der Waals surface area contributed by atoms with Crippen LogP contribution in [-0.2, 0) is 19.6 Å². The molecule has 4 nitrogen and oxygen atoms in total. The van der Waals surface area contributed by atoms with Crippen molar-refractivity contribution in [1.29, 1.82) is 0 Å². The second-order valence-electron chi connectivity index (χ2n) is 1.02. The molecular formula is C5H8O4. The molecule has 0 radical (unpaired) electrons. The van der Waals surface area contributed by atoms with Crippen LogP contribution in [0.25, 0.3) is 0 Å². The average Bonchev–Trinajstić information content (AvgIpc) is 1.88. The van der Waals surface area contributed by atoms with Crippen LogP contribution >= 0.6 is 0 Å². The van der Waals surface area contributed by atoms with Gasteiger partial charge in [-0.1, -0.05) is 0 Å². The molecule has 9 heavy (non-hydrogen) atoms. The summed E-state index contributed by atoms with van der Waals surface area (Å²) in [6.07, 6.45) is 3.98. The third-order valence-corrected chi connectivity index (χ3v) is 0.503. The van der Waals surface area contributed by atoms with Gasteiger partial charge in [-0.2, -0.15) is 9.78 Å². The summed E-state index contributed by atoms with van der Waals surface area (Å²) in [5.74, 6) is 2.11. The highest BCUT2D eigenvalue weighted by Gasteiger charge is 2.03. The van der Waals surface area contributed by atoms with Crippen molar-refractivity contribution in [2.24, 2.45) is 0 Å². The summed E-state index contributed by atoms with van der Waals surface area (Å²) in [5, 5.41) is 0. The van der Waals surface area contributed by atoms with Gasteiger partial charge < -0.3 is 0 Å². The second kappa shape index (κ2) is 5.54. The molecular weight excluding hydrogens is 124 g/mol. The zero-order valence-corrected chi connectivity index (χ0v) is 5.29. The third-order valence-electron chi connectivity index (χ3n) is 0.503. The third kappa shape index (κ3) is 3.94. The predicted molar refractivity (Wildman–Crippen MR) is 28.8 cm³/mol. The normalized spacial score (nSPS) is 9.56. The van der Waals surface area contributed by atoms with Crippen molar-refractivity contribution in [2.75, 3.05) is 14.2 Å². The molecule has 0 aliphatic heterocycles. The molecule has 0 fully saturated rings. The molecule has 0 bridgehead atoms. The van der Waals surface area contributed by atoms with Crippen LogP contribution in [0, 0.1) is 12.3 Å². The van der Waals surface area contributed by atoms with E-state index in [1.54, 1.807) is 0 Å². The minimum atomic E-state index is -0.903. The molecule has 0 saturated heterocycles. The van der Waals surface area contributed by atoms with E-state index in [0.717, 1.165) is 0 Å². The van der Waals surface area contributed by atoms with E-state index >= 15 is 0 Å². The fourth-order valence-electron chi connectivity index (χ4n) is 0.246. The lowest BCUT2D eigenvalue weighted by molar-refractivity contribution is -0.430. The molecule has 0 rings (SSSR count). The Bertz CT molecular complexity index is 89.6. The highest BCUT2D eigenvalue weighted by Crippen LogP contribution is 1.91. The Morgan fingerprint density at radius 3 is 1.89 bits per heavy atom. The standard InChI is InChI=1S/C5H8O4/c1-4-5(8-6-2)9-7-3/h1,5H,2-3H3. The van der Waals surface area contributed by atoms with Gasteiger partial charge in [0.2, 0.25) is 0 Å². The van der Waals surface area contributed by atoms with Gasteiger partial charge in [-0.05, 0) is 5.92 Å². The van der Waals surface area contributed by atoms with Crippen LogP contribution in [0.3, 0.4) is 0 Å². The molecule has 0 aliphatic carbocycles. The molecule has 4 heteroatoms. The van der Waals surface area contributed by atoms with E-state index < -0.39 is 6.29 Å². The summed E-state index contributed by atoms with van der Waals surface area (Å²) >= 11 is 0. The van der Waals surface area contributed by atoms with Gasteiger partial charge in [-0.15, -0.1) is 6.42 Å². The SMILES string of the molecule is C#CC(OOC)OOC. The predicted octanol–water partition coefficient (Wildman–Crippen LogP) is 0.102. The summed E-state index contributed by atoms with van der Waals surface area (Å²) in [4.78, 5) is 17.1. The molecule has 0 aromatic rings. The van der Waals surface area contributed by atoms with E-state index in [1.807, 2.05) is 0 Å². The number of hydrogen-bond acceptors (Lipinski definition) is 4. The molecule has 0 atom stereocenters. The molecule has 0 N–H and O–H groups in total. The summed E-state index contributed by atoms with van der Waals surface area (Å²) in [5.41, 5.74) is 0. The minimum absolute atomic E-state index is 0.903. The monoisotopic (exact) mass is 132 g/mol. The van der Waals surface area contributed by atoms with Gasteiger partial charge >= 0.3 is 0 Å². The van der Waals surface area contributed by atoms with Crippen molar-refractivity contribution in [3.63, 3.8) is 0 Å². The van der Waals surface area contributed by atoms with Crippen LogP contribution in [0.2, 0.25) is 0 Å². The van der Waals surface area contributed by atoms with Gasteiger partial charge in [-0.25, -0.2) is 9.78 Å². The zero-order chi connectivity index (χ0) is 7.11. The Kier molecular flexibility index (Phi) is 5.17. The fourth-order valence-corrected chi connectivity index (χ4v) is 0.246. The Labute approximate surface area is 53.5 Å². The first-order chi connectivity index (χ1) is 4.35. The first-order valence-corrected chi connectivity index (χ1v) is 2.20. The molecule has 0 aliphatic rings. The number of terminal acetylenes is 1. The molecule has 0 aromatic heterocycles. The minimum Gasteiger partial charge on any atom is -0.236 e. The topological polar surface area (TPSA) is 36.9 Å². The first-order valence-electron chi connectivity index (χ1n) is 2.20. The number of hydrogen-bond donors (Lipinski definition) is 0. The Balaban J connectivity index is 3.32. The molecule has 0 heterocycles. The summed E-state index contributed by atoms with van der Waals surface area (Å²) in [6.45, 7) is 0. The summed E-state index contributed by atoms with van der Waals surface area (Å²) < 4.78 is 0. The Morgan fingerprint density at radius 1 is 1.22 bits per heavy atom. The van der Waals surface area contributed by atoms with Crippen molar-refractivity contribution in [3.05, 3.63) is 0 Å². The van der Waals surface area contributed by atoms with E-state index in [0.29, 0.717) is 0 Å². The maximum atomic E-state index is 4.88. The van der Waals surface area contributed by atoms with Gasteiger partial charge in [0.25, 0.3) is 6.29 Å². The summed E-state index contributed by atoms with van der Waals surface area (Å²) in [7, 11) is 2.65. The van der Waals surface area contributed by atoms with Crippen molar-refractivity contribution < 1.29 is 19.6 Å². The van der Waals surface area contributed by atoms with E-state index in [-0.39, 0.29) is 0 Å². The van der Waals surface area contributed by atoms with Crippen molar-refractivity contribution in [1.82, 2.24) is 0 Å². The molecule has 0 spiro atoms. The van der Waals surface area contributed by atoms with Gasteiger partial charge in [-0.3, -0.25) is 0 Å². The Hall–Kier alpha value is -0.600. The van der Waals surface area contributed by atoms with E-state index in [1.165, 1.54) is 14.2 Å². The average molecular weight is 132 g/mol. The Morgan fingerprint density at radius 2 is 1.67 bits per heavy atom. The van der Waals surface area contributed by atoms with Crippen molar-refractivity contribution in [2.45, 2.75) is 6.29 Å². The first kappa shape index (κ1) is 8.40. The number of rotatable bonds is 4. The maximum absolute atomic E-state index is 4.88. The molecule has 0 saturated carbocycles. The van der Waals surface area contributed by atoms with Crippen LogP contribution in [0.5, 0.6) is 0 Å². The smallest absolute Gasteiger partial charge is 0.236 e. The van der Waals surface area contributed by atoms with E-state index in [9.17, 15) is 0 Å². The van der Waals surface area contributed by atoms with Gasteiger partial charge in [0.15, 0.2) is 0 Å². The fraction of sp³-hybridized carbons (Fsp3) is 0.600. The van der Waals surface area contributed by atoms with Gasteiger partial charge in [0.05, 0.1) is 14.2 Å². The zero-order valence-electron chi connectivity index (χ0n) is 5.29. The highest BCUT2D eigenvalue weighted by molar-refractivity contribution is 4.87. The van der Waals surface area contributed by atoms with E-state index in [2.05, 4.69) is 25.5 Å². The molecule has 52 valence electrons. The lowest BCUT2D eigenvalue weighted by Gasteiger charge is -2.05. The second-order valence-corrected chi connectivity index (χ2v) is 1.02.